The average Bonchev–Trinajstić information content (AvgIpc) is 2.11. The lowest BCUT2D eigenvalue weighted by molar-refractivity contribution is -0.120. The number of amides is 1. The SMILES string of the molecule is C=CC(=O)C(=C)C(=O)NCCO. The molecule has 0 unspecified atom stereocenters. The van der Waals surface area contributed by atoms with Crippen LogP contribution in [0, 0.1) is 0 Å². The highest BCUT2D eigenvalue weighted by Crippen LogP contribution is 1.92. The van der Waals surface area contributed by atoms with Crippen LogP contribution < -0.4 is 5.32 Å². The van der Waals surface area contributed by atoms with Crippen LogP contribution in [0.15, 0.2) is 24.8 Å². The van der Waals surface area contributed by atoms with E-state index >= 15 is 0 Å². The number of carbonyl (C=O) groups excluding carboxylic acids is 2. The first-order valence-electron chi connectivity index (χ1n) is 3.38. The van der Waals surface area contributed by atoms with Gasteiger partial charge in [-0.3, -0.25) is 9.59 Å². The van der Waals surface area contributed by atoms with Gasteiger partial charge in [-0.1, -0.05) is 13.2 Å². The van der Waals surface area contributed by atoms with Gasteiger partial charge >= 0.3 is 0 Å². The quantitative estimate of drug-likeness (QED) is 0.328. The third-order valence-corrected chi connectivity index (χ3v) is 1.15. The molecule has 0 saturated carbocycles. The smallest absolute Gasteiger partial charge is 0.254 e. The van der Waals surface area contributed by atoms with Gasteiger partial charge in [0.1, 0.15) is 0 Å². The minimum Gasteiger partial charge on any atom is -0.395 e. The fourth-order valence-corrected chi connectivity index (χ4v) is 0.511. The van der Waals surface area contributed by atoms with Crippen molar-refractivity contribution in [2.75, 3.05) is 13.2 Å². The minimum absolute atomic E-state index is 0.113. The van der Waals surface area contributed by atoms with Crippen LogP contribution >= 0.6 is 0 Å². The minimum atomic E-state index is -0.575. The number of hydrogen-bond donors (Lipinski definition) is 2. The molecule has 0 heterocycles. The maximum Gasteiger partial charge on any atom is 0.254 e. The van der Waals surface area contributed by atoms with Crippen molar-refractivity contribution in [2.24, 2.45) is 0 Å². The van der Waals surface area contributed by atoms with Gasteiger partial charge in [0.2, 0.25) is 0 Å². The summed E-state index contributed by atoms with van der Waals surface area (Å²) < 4.78 is 0. The number of nitrogens with one attached hydrogen (secondary N) is 1. The molecule has 0 bridgehead atoms. The lowest BCUT2D eigenvalue weighted by Gasteiger charge is -2.01. The molecule has 0 aliphatic carbocycles. The molecule has 0 spiro atoms. The van der Waals surface area contributed by atoms with Crippen molar-refractivity contribution in [1.29, 1.82) is 0 Å². The van der Waals surface area contributed by atoms with Crippen molar-refractivity contribution in [2.45, 2.75) is 0 Å². The first-order chi connectivity index (χ1) is 5.63. The lowest BCUT2D eigenvalue weighted by atomic mass is 10.2. The summed E-state index contributed by atoms with van der Waals surface area (Å²) in [6.07, 6.45) is 1.01. The Morgan fingerprint density at radius 2 is 2.08 bits per heavy atom. The molecule has 0 rings (SSSR count). The van der Waals surface area contributed by atoms with Gasteiger partial charge in [-0.2, -0.15) is 0 Å². The fourth-order valence-electron chi connectivity index (χ4n) is 0.511. The monoisotopic (exact) mass is 169 g/mol. The zero-order chi connectivity index (χ0) is 9.56. The Balaban J connectivity index is 4.02. The number of carbonyl (C=O) groups is 2. The Morgan fingerprint density at radius 3 is 2.50 bits per heavy atom. The van der Waals surface area contributed by atoms with Crippen LogP contribution in [0.5, 0.6) is 0 Å². The van der Waals surface area contributed by atoms with Gasteiger partial charge < -0.3 is 10.4 Å². The van der Waals surface area contributed by atoms with Crippen molar-refractivity contribution >= 4 is 11.7 Å². The summed E-state index contributed by atoms with van der Waals surface area (Å²) in [4.78, 5) is 21.7. The van der Waals surface area contributed by atoms with Crippen LogP contribution in [-0.4, -0.2) is 29.9 Å². The number of rotatable bonds is 5. The number of allylic oxidation sites excluding steroid dienone is 1. The Kier molecular flexibility index (Phi) is 4.64. The number of aliphatic hydroxyl groups excluding tert-OH is 1. The van der Waals surface area contributed by atoms with E-state index in [2.05, 4.69) is 18.5 Å². The predicted octanol–water partition coefficient (Wildman–Crippen LogP) is -0.594. The molecule has 0 atom stereocenters. The molecular formula is C8H11NO3. The summed E-state index contributed by atoms with van der Waals surface area (Å²) in [7, 11) is 0. The highest BCUT2D eigenvalue weighted by atomic mass is 16.3. The molecule has 12 heavy (non-hydrogen) atoms. The molecule has 0 saturated heterocycles. The first kappa shape index (κ1) is 10.6. The van der Waals surface area contributed by atoms with E-state index in [1.54, 1.807) is 0 Å². The molecule has 0 fully saturated rings. The van der Waals surface area contributed by atoms with Crippen LogP contribution in [0.3, 0.4) is 0 Å². The molecule has 0 aromatic rings. The van der Waals surface area contributed by atoms with E-state index in [9.17, 15) is 9.59 Å². The molecular weight excluding hydrogens is 158 g/mol. The summed E-state index contributed by atoms with van der Waals surface area (Å²) >= 11 is 0. The standard InChI is InChI=1S/C8H11NO3/c1-3-7(11)6(2)8(12)9-4-5-10/h3,10H,1-2,4-5H2,(H,9,12). The van der Waals surface area contributed by atoms with E-state index in [4.69, 9.17) is 5.11 Å². The zero-order valence-corrected chi connectivity index (χ0v) is 6.67. The van der Waals surface area contributed by atoms with Gasteiger partial charge in [0.25, 0.3) is 5.91 Å². The van der Waals surface area contributed by atoms with Gasteiger partial charge in [-0.25, -0.2) is 0 Å². The van der Waals surface area contributed by atoms with Crippen LogP contribution in [0.2, 0.25) is 0 Å². The summed E-state index contributed by atoms with van der Waals surface area (Å²) in [5.74, 6) is -1.08. The van der Waals surface area contributed by atoms with Gasteiger partial charge in [0.05, 0.1) is 12.2 Å². The molecule has 0 aliphatic rings. The summed E-state index contributed by atoms with van der Waals surface area (Å²) in [6.45, 7) is 6.42. The van der Waals surface area contributed by atoms with E-state index in [-0.39, 0.29) is 18.7 Å². The predicted molar refractivity (Wildman–Crippen MR) is 44.4 cm³/mol. The second-order valence-electron chi connectivity index (χ2n) is 2.03. The molecule has 0 radical (unpaired) electrons. The summed E-state index contributed by atoms with van der Waals surface area (Å²) in [5.41, 5.74) is -0.168. The molecule has 4 heteroatoms. The van der Waals surface area contributed by atoms with E-state index < -0.39 is 11.7 Å². The molecule has 66 valence electrons. The van der Waals surface area contributed by atoms with Crippen molar-refractivity contribution in [3.63, 3.8) is 0 Å². The Labute approximate surface area is 70.6 Å². The Bertz CT molecular complexity index is 220. The molecule has 2 N–H and O–H groups in total. The lowest BCUT2D eigenvalue weighted by Crippen LogP contribution is -2.29. The fraction of sp³-hybridized carbons (Fsp3) is 0.250. The highest BCUT2D eigenvalue weighted by Gasteiger charge is 2.10. The molecule has 1 amide bonds. The van der Waals surface area contributed by atoms with E-state index in [1.165, 1.54) is 0 Å². The number of ketones is 1. The first-order valence-corrected chi connectivity index (χ1v) is 3.38. The van der Waals surface area contributed by atoms with Crippen LogP contribution in [0.1, 0.15) is 0 Å². The van der Waals surface area contributed by atoms with E-state index in [0.29, 0.717) is 0 Å². The van der Waals surface area contributed by atoms with Crippen molar-refractivity contribution in [1.82, 2.24) is 5.32 Å². The topological polar surface area (TPSA) is 66.4 Å². The molecule has 0 aromatic heterocycles. The van der Waals surface area contributed by atoms with E-state index in [0.717, 1.165) is 6.08 Å². The number of aliphatic hydroxyl groups is 1. The van der Waals surface area contributed by atoms with Gasteiger partial charge in [-0.15, -0.1) is 0 Å². The normalized spacial score (nSPS) is 8.75. The van der Waals surface area contributed by atoms with Crippen LogP contribution in [0.25, 0.3) is 0 Å². The highest BCUT2D eigenvalue weighted by molar-refractivity contribution is 6.22. The molecule has 0 aromatic carbocycles. The van der Waals surface area contributed by atoms with Crippen molar-refractivity contribution < 1.29 is 14.7 Å². The Morgan fingerprint density at radius 1 is 1.50 bits per heavy atom. The third-order valence-electron chi connectivity index (χ3n) is 1.15. The largest absolute Gasteiger partial charge is 0.395 e. The second kappa shape index (κ2) is 5.26. The van der Waals surface area contributed by atoms with E-state index in [1.807, 2.05) is 0 Å². The summed E-state index contributed by atoms with van der Waals surface area (Å²) in [6, 6.07) is 0. The van der Waals surface area contributed by atoms with Gasteiger partial charge in [0.15, 0.2) is 5.78 Å². The molecule has 0 aliphatic heterocycles. The Hall–Kier alpha value is -1.42. The zero-order valence-electron chi connectivity index (χ0n) is 6.67. The van der Waals surface area contributed by atoms with Gasteiger partial charge in [-0.05, 0) is 6.08 Å². The maximum atomic E-state index is 10.9. The average molecular weight is 169 g/mol. The number of hydrogen-bond acceptors (Lipinski definition) is 3. The van der Waals surface area contributed by atoms with Crippen molar-refractivity contribution in [3.05, 3.63) is 24.8 Å². The maximum absolute atomic E-state index is 10.9. The summed E-state index contributed by atoms with van der Waals surface area (Å²) in [5, 5.41) is 10.6. The van der Waals surface area contributed by atoms with Crippen LogP contribution in [-0.2, 0) is 9.59 Å². The molecule has 4 nitrogen and oxygen atoms in total. The second-order valence-corrected chi connectivity index (χ2v) is 2.03. The third kappa shape index (κ3) is 3.12. The van der Waals surface area contributed by atoms with Crippen molar-refractivity contribution in [3.8, 4) is 0 Å². The van der Waals surface area contributed by atoms with Crippen LogP contribution in [0.4, 0.5) is 0 Å². The van der Waals surface area contributed by atoms with Gasteiger partial charge in [0, 0.05) is 6.54 Å².